The van der Waals surface area contributed by atoms with E-state index in [1.54, 1.807) is 13.2 Å². The summed E-state index contributed by atoms with van der Waals surface area (Å²) in [5, 5.41) is 9.89. The third-order valence-corrected chi connectivity index (χ3v) is 3.31. The van der Waals surface area contributed by atoms with E-state index in [0.717, 1.165) is 11.3 Å². The molecule has 2 N–H and O–H groups in total. The van der Waals surface area contributed by atoms with Crippen LogP contribution in [0.2, 0.25) is 0 Å². The number of amides is 1. The number of nitrogens with one attached hydrogen (secondary N) is 2. The van der Waals surface area contributed by atoms with Gasteiger partial charge in [0, 0.05) is 6.54 Å². The number of hydrogen-bond donors (Lipinski definition) is 2. The van der Waals surface area contributed by atoms with E-state index in [4.69, 9.17) is 4.74 Å². The molecule has 18 heavy (non-hydrogen) atoms. The maximum Gasteiger partial charge on any atom is 0.236 e. The second kappa shape index (κ2) is 5.07. The van der Waals surface area contributed by atoms with Gasteiger partial charge in [0.2, 0.25) is 5.91 Å². The fourth-order valence-electron chi connectivity index (χ4n) is 2.38. The van der Waals surface area contributed by atoms with Gasteiger partial charge in [0.05, 0.1) is 31.6 Å². The van der Waals surface area contributed by atoms with Gasteiger partial charge in [-0.2, -0.15) is 5.10 Å². The summed E-state index contributed by atoms with van der Waals surface area (Å²) in [4.78, 5) is 13.8. The van der Waals surface area contributed by atoms with Gasteiger partial charge in [0.15, 0.2) is 0 Å². The lowest BCUT2D eigenvalue weighted by molar-refractivity contribution is -0.149. The molecule has 0 saturated carbocycles. The van der Waals surface area contributed by atoms with E-state index in [0.29, 0.717) is 26.2 Å². The molecule has 6 nitrogen and oxygen atoms in total. The van der Waals surface area contributed by atoms with Crippen molar-refractivity contribution >= 4 is 5.91 Å². The fraction of sp³-hybridized carbons (Fsp3) is 0.667. The maximum atomic E-state index is 11.9. The molecule has 1 saturated heterocycles. The van der Waals surface area contributed by atoms with Crippen molar-refractivity contribution < 1.29 is 9.53 Å². The van der Waals surface area contributed by atoms with Crippen molar-refractivity contribution in [3.8, 4) is 0 Å². The first-order valence-corrected chi connectivity index (χ1v) is 6.13. The monoisotopic (exact) mass is 252 g/mol. The standard InChI is InChI=1S/C12H20N4O2/c1-9-6-14-15-11(9)12(2)8-16(4-5-18-12)10(17)7-13-3/h6,13H,4-5,7-8H2,1-3H3,(H,14,15). The zero-order valence-corrected chi connectivity index (χ0v) is 11.1. The van der Waals surface area contributed by atoms with Crippen LogP contribution in [-0.2, 0) is 15.1 Å². The van der Waals surface area contributed by atoms with Crippen molar-refractivity contribution in [2.24, 2.45) is 0 Å². The number of morpholine rings is 1. The highest BCUT2D eigenvalue weighted by Gasteiger charge is 2.37. The van der Waals surface area contributed by atoms with E-state index in [-0.39, 0.29) is 5.91 Å². The zero-order chi connectivity index (χ0) is 13.2. The van der Waals surface area contributed by atoms with Crippen LogP contribution in [0.25, 0.3) is 0 Å². The molecule has 100 valence electrons. The van der Waals surface area contributed by atoms with Crippen LogP contribution in [0.15, 0.2) is 6.20 Å². The number of rotatable bonds is 3. The highest BCUT2D eigenvalue weighted by Crippen LogP contribution is 2.29. The third kappa shape index (κ3) is 2.39. The average molecular weight is 252 g/mol. The number of hydrogen-bond acceptors (Lipinski definition) is 4. The Morgan fingerprint density at radius 1 is 1.72 bits per heavy atom. The van der Waals surface area contributed by atoms with Crippen molar-refractivity contribution in [3.63, 3.8) is 0 Å². The number of aromatic nitrogens is 2. The van der Waals surface area contributed by atoms with Crippen LogP contribution in [0.1, 0.15) is 18.2 Å². The molecule has 1 fully saturated rings. The molecule has 1 aliphatic heterocycles. The molecule has 1 aliphatic rings. The Labute approximate surface area is 107 Å². The van der Waals surface area contributed by atoms with E-state index in [2.05, 4.69) is 15.5 Å². The Hall–Kier alpha value is -1.40. The molecular formula is C12H20N4O2. The predicted octanol–water partition coefficient (Wildman–Crippen LogP) is 0.0115. The van der Waals surface area contributed by atoms with Crippen LogP contribution in [-0.4, -0.2) is 54.3 Å². The molecule has 0 spiro atoms. The molecule has 1 unspecified atom stereocenters. The first-order valence-electron chi connectivity index (χ1n) is 6.13. The number of nitrogens with zero attached hydrogens (tertiary/aromatic N) is 2. The Bertz CT molecular complexity index is 431. The van der Waals surface area contributed by atoms with Crippen molar-refractivity contribution in [1.29, 1.82) is 0 Å². The second-order valence-corrected chi connectivity index (χ2v) is 4.85. The maximum absolute atomic E-state index is 11.9. The average Bonchev–Trinajstić information content (AvgIpc) is 2.76. The first-order chi connectivity index (χ1) is 8.57. The molecule has 0 bridgehead atoms. The van der Waals surface area contributed by atoms with Gasteiger partial charge in [0.25, 0.3) is 0 Å². The van der Waals surface area contributed by atoms with E-state index in [9.17, 15) is 4.79 Å². The van der Waals surface area contributed by atoms with Gasteiger partial charge in [-0.15, -0.1) is 0 Å². The summed E-state index contributed by atoms with van der Waals surface area (Å²) < 4.78 is 5.86. The molecule has 1 aromatic heterocycles. The zero-order valence-electron chi connectivity index (χ0n) is 11.1. The van der Waals surface area contributed by atoms with Crippen LogP contribution >= 0.6 is 0 Å². The summed E-state index contributed by atoms with van der Waals surface area (Å²) in [5.74, 6) is 0.101. The van der Waals surface area contributed by atoms with Crippen molar-refractivity contribution in [2.45, 2.75) is 19.4 Å². The number of ether oxygens (including phenoxy) is 1. The Balaban J connectivity index is 2.15. The molecule has 1 amide bonds. The number of likely N-dealkylation sites (N-methyl/N-ethyl adjacent to an activating group) is 1. The van der Waals surface area contributed by atoms with E-state index in [1.807, 2.05) is 18.7 Å². The van der Waals surface area contributed by atoms with Crippen LogP contribution in [0, 0.1) is 6.92 Å². The molecule has 6 heteroatoms. The second-order valence-electron chi connectivity index (χ2n) is 4.85. The number of carbonyl (C=O) groups excluding carboxylic acids is 1. The van der Waals surface area contributed by atoms with E-state index >= 15 is 0 Å². The molecule has 1 aromatic rings. The lowest BCUT2D eigenvalue weighted by Gasteiger charge is -2.40. The van der Waals surface area contributed by atoms with Gasteiger partial charge in [-0.05, 0) is 26.5 Å². The van der Waals surface area contributed by atoms with Gasteiger partial charge in [-0.1, -0.05) is 0 Å². The third-order valence-electron chi connectivity index (χ3n) is 3.31. The summed E-state index contributed by atoms with van der Waals surface area (Å²) in [5.41, 5.74) is 1.51. The molecule has 0 radical (unpaired) electrons. The smallest absolute Gasteiger partial charge is 0.236 e. The Morgan fingerprint density at radius 2 is 2.50 bits per heavy atom. The van der Waals surface area contributed by atoms with E-state index < -0.39 is 5.60 Å². The van der Waals surface area contributed by atoms with Crippen LogP contribution in [0.4, 0.5) is 0 Å². The lowest BCUT2D eigenvalue weighted by atomic mass is 9.97. The largest absolute Gasteiger partial charge is 0.365 e. The summed E-state index contributed by atoms with van der Waals surface area (Å²) >= 11 is 0. The summed E-state index contributed by atoms with van der Waals surface area (Å²) in [6.45, 7) is 6.08. The van der Waals surface area contributed by atoms with Gasteiger partial charge in [-0.3, -0.25) is 9.89 Å². The highest BCUT2D eigenvalue weighted by molar-refractivity contribution is 5.78. The van der Waals surface area contributed by atoms with Crippen LogP contribution in [0.3, 0.4) is 0 Å². The summed E-state index contributed by atoms with van der Waals surface area (Å²) in [6.07, 6.45) is 1.78. The quantitative estimate of drug-likeness (QED) is 0.795. The van der Waals surface area contributed by atoms with Gasteiger partial charge in [0.1, 0.15) is 5.60 Å². The minimum absolute atomic E-state index is 0.101. The van der Waals surface area contributed by atoms with Crippen molar-refractivity contribution in [2.75, 3.05) is 33.3 Å². The molecule has 0 aliphatic carbocycles. The van der Waals surface area contributed by atoms with Crippen molar-refractivity contribution in [3.05, 3.63) is 17.5 Å². The summed E-state index contributed by atoms with van der Waals surface area (Å²) in [7, 11) is 1.77. The van der Waals surface area contributed by atoms with Crippen LogP contribution < -0.4 is 5.32 Å². The number of carbonyl (C=O) groups is 1. The Kier molecular flexibility index (Phi) is 3.68. The van der Waals surface area contributed by atoms with Gasteiger partial charge < -0.3 is 15.0 Å². The highest BCUT2D eigenvalue weighted by atomic mass is 16.5. The minimum Gasteiger partial charge on any atom is -0.365 e. The molecule has 1 atom stereocenters. The van der Waals surface area contributed by atoms with Gasteiger partial charge >= 0.3 is 0 Å². The predicted molar refractivity (Wildman–Crippen MR) is 67.1 cm³/mol. The fourth-order valence-corrected chi connectivity index (χ4v) is 2.38. The number of H-pyrrole nitrogens is 1. The number of aryl methyl sites for hydroxylation is 1. The molecule has 2 heterocycles. The summed E-state index contributed by atoms with van der Waals surface area (Å²) in [6, 6.07) is 0. The normalized spacial score (nSPS) is 24.3. The minimum atomic E-state index is -0.498. The van der Waals surface area contributed by atoms with Crippen molar-refractivity contribution in [1.82, 2.24) is 20.4 Å². The lowest BCUT2D eigenvalue weighted by Crippen LogP contribution is -2.52. The van der Waals surface area contributed by atoms with E-state index in [1.165, 1.54) is 0 Å². The van der Waals surface area contributed by atoms with Gasteiger partial charge in [-0.25, -0.2) is 0 Å². The topological polar surface area (TPSA) is 70.2 Å². The Morgan fingerprint density at radius 3 is 3.11 bits per heavy atom. The first kappa shape index (κ1) is 13.0. The molecule has 2 rings (SSSR count). The molecule has 0 aromatic carbocycles. The SMILES string of the molecule is CNCC(=O)N1CCOC(C)(c2[nH]ncc2C)C1. The van der Waals surface area contributed by atoms with Crippen LogP contribution in [0.5, 0.6) is 0 Å². The number of aromatic amines is 1. The molecular weight excluding hydrogens is 232 g/mol.